The van der Waals surface area contributed by atoms with Crippen LogP contribution in [0.5, 0.6) is 0 Å². The highest BCUT2D eigenvalue weighted by Crippen LogP contribution is 2.38. The monoisotopic (exact) mass is 1250 g/mol. The number of quaternary nitrogens is 1. The van der Waals surface area contributed by atoms with Crippen molar-refractivity contribution in [3.05, 3.63) is 97.2 Å². The maximum Gasteiger partial charge on any atom is 0.306 e. The zero-order valence-corrected chi connectivity index (χ0v) is 59.1. The van der Waals surface area contributed by atoms with Crippen molar-refractivity contribution in [2.24, 2.45) is 0 Å². The Morgan fingerprint density at radius 3 is 0.966 bits per heavy atom. The van der Waals surface area contributed by atoms with E-state index in [4.69, 9.17) is 18.5 Å². The normalized spacial score (nSPS) is 13.7. The molecular formula is C78H140NO8P. The molecule has 0 radical (unpaired) electrons. The standard InChI is InChI=1S/C78H140NO8P/c1-6-8-10-12-14-16-18-20-22-24-26-28-30-32-33-34-35-36-37-38-39-40-41-42-43-44-45-47-49-51-53-55-57-59-61-63-65-67-69-71-78(81)87-76(75-86-88(82,83)85-73-72-79(3,4)5)74-84-77(80)70-68-66-64-62-60-58-56-54-52-50-48-46-31-29-27-25-23-21-19-17-15-13-11-9-7-2/h8,10,14,16,20,22,26,28,32-33,35-36,38-39,41-42,76H,6-7,9,11-13,15,17-19,21,23-25,27,29-31,34,37,40,43-75H2,1-5H3/b10-8-,16-14-,22-20-,28-26-,33-32-,36-35-,39-38-,42-41-. The molecule has 0 aliphatic heterocycles. The number of phosphoric ester groups is 1. The van der Waals surface area contributed by atoms with E-state index < -0.39 is 26.5 Å². The fraction of sp³-hybridized carbons (Fsp3) is 0.769. The van der Waals surface area contributed by atoms with Gasteiger partial charge in [-0.25, -0.2) is 0 Å². The van der Waals surface area contributed by atoms with Gasteiger partial charge in [-0.3, -0.25) is 14.2 Å². The molecule has 0 fully saturated rings. The van der Waals surface area contributed by atoms with Crippen molar-refractivity contribution in [2.75, 3.05) is 47.5 Å². The Morgan fingerprint density at radius 2 is 0.648 bits per heavy atom. The predicted molar refractivity (Wildman–Crippen MR) is 379 cm³/mol. The number of hydrogen-bond acceptors (Lipinski definition) is 8. The lowest BCUT2D eigenvalue weighted by Crippen LogP contribution is -2.37. The molecular weight excluding hydrogens is 1110 g/mol. The first kappa shape index (κ1) is 84.9. The summed E-state index contributed by atoms with van der Waals surface area (Å²) in [7, 11) is 1.17. The molecule has 2 atom stereocenters. The Kier molecular flexibility index (Phi) is 65.9. The molecule has 0 N–H and O–H groups in total. The Balaban J connectivity index is 4.01. The third kappa shape index (κ3) is 72.0. The first-order chi connectivity index (χ1) is 43.0. The van der Waals surface area contributed by atoms with Crippen LogP contribution in [0.2, 0.25) is 0 Å². The Hall–Kier alpha value is -3.07. The number of hydrogen-bond donors (Lipinski definition) is 0. The van der Waals surface area contributed by atoms with Gasteiger partial charge in [-0.2, -0.15) is 0 Å². The zero-order chi connectivity index (χ0) is 64.1. The van der Waals surface area contributed by atoms with Crippen LogP contribution in [0.4, 0.5) is 0 Å². The lowest BCUT2D eigenvalue weighted by Gasteiger charge is -2.28. The fourth-order valence-electron chi connectivity index (χ4n) is 10.5. The van der Waals surface area contributed by atoms with Gasteiger partial charge in [-0.05, 0) is 77.0 Å². The van der Waals surface area contributed by atoms with E-state index in [0.717, 1.165) is 89.9 Å². The van der Waals surface area contributed by atoms with Crippen LogP contribution in [0.15, 0.2) is 97.2 Å². The molecule has 2 unspecified atom stereocenters. The SMILES string of the molecule is CC/C=C\C/C=C\C/C=C\C/C=C\C/C=C\C/C=C\C/C=C\C/C=C\CCCCCCCCCCCCCCCCC(=O)OC(COC(=O)CCCCCCCCCCCCCCCCCCCCCCCCCCC)COP(=O)([O-])OCC[N+](C)(C)C. The Labute approximate surface area is 544 Å². The van der Waals surface area contributed by atoms with Gasteiger partial charge in [0.1, 0.15) is 19.8 Å². The smallest absolute Gasteiger partial charge is 0.306 e. The number of ether oxygens (including phenoxy) is 2. The van der Waals surface area contributed by atoms with Gasteiger partial charge in [0.15, 0.2) is 6.10 Å². The van der Waals surface area contributed by atoms with Gasteiger partial charge in [-0.1, -0.05) is 342 Å². The van der Waals surface area contributed by atoms with Crippen molar-refractivity contribution < 1.29 is 42.1 Å². The van der Waals surface area contributed by atoms with Gasteiger partial charge < -0.3 is 27.9 Å². The minimum Gasteiger partial charge on any atom is -0.756 e. The topological polar surface area (TPSA) is 111 Å². The van der Waals surface area contributed by atoms with E-state index in [1.807, 2.05) is 21.1 Å². The summed E-state index contributed by atoms with van der Waals surface area (Å²) >= 11 is 0. The molecule has 88 heavy (non-hydrogen) atoms. The van der Waals surface area contributed by atoms with Crippen molar-refractivity contribution in [3.63, 3.8) is 0 Å². The maximum atomic E-state index is 12.9. The van der Waals surface area contributed by atoms with Gasteiger partial charge in [0.25, 0.3) is 7.82 Å². The summed E-state index contributed by atoms with van der Waals surface area (Å²) in [5.41, 5.74) is 0. The first-order valence-corrected chi connectivity index (χ1v) is 38.4. The molecule has 0 aromatic carbocycles. The van der Waals surface area contributed by atoms with E-state index in [9.17, 15) is 19.0 Å². The maximum absolute atomic E-state index is 12.9. The minimum atomic E-state index is -4.64. The molecule has 0 heterocycles. The number of rotatable bonds is 68. The lowest BCUT2D eigenvalue weighted by atomic mass is 10.0. The largest absolute Gasteiger partial charge is 0.756 e. The summed E-state index contributed by atoms with van der Waals surface area (Å²) in [6, 6.07) is 0. The molecule has 0 aromatic heterocycles. The van der Waals surface area contributed by atoms with E-state index in [0.29, 0.717) is 17.4 Å². The summed E-state index contributed by atoms with van der Waals surface area (Å²) in [6.45, 7) is 4.17. The van der Waals surface area contributed by atoms with Gasteiger partial charge in [0, 0.05) is 12.8 Å². The molecule has 0 rings (SSSR count). The molecule has 0 aromatic rings. The summed E-state index contributed by atoms with van der Waals surface area (Å²) in [4.78, 5) is 38.1. The number of unbranched alkanes of at least 4 members (excludes halogenated alkanes) is 38. The Morgan fingerprint density at radius 1 is 0.364 bits per heavy atom. The molecule has 9 nitrogen and oxygen atoms in total. The molecule has 510 valence electrons. The number of likely N-dealkylation sites (N-methyl/N-ethyl adjacent to an activating group) is 1. The second kappa shape index (κ2) is 68.3. The van der Waals surface area contributed by atoms with Crippen molar-refractivity contribution in [1.82, 2.24) is 0 Å². The molecule has 0 saturated carbocycles. The van der Waals surface area contributed by atoms with Crippen LogP contribution < -0.4 is 4.89 Å². The quantitative estimate of drug-likeness (QED) is 0.0195. The van der Waals surface area contributed by atoms with Gasteiger partial charge in [0.05, 0.1) is 27.7 Å². The number of allylic oxidation sites excluding steroid dienone is 16. The van der Waals surface area contributed by atoms with Crippen molar-refractivity contribution >= 4 is 19.8 Å². The molecule has 10 heteroatoms. The van der Waals surface area contributed by atoms with E-state index in [1.165, 1.54) is 212 Å². The van der Waals surface area contributed by atoms with Crippen molar-refractivity contribution in [1.29, 1.82) is 0 Å². The van der Waals surface area contributed by atoms with E-state index >= 15 is 0 Å². The van der Waals surface area contributed by atoms with Crippen LogP contribution in [0, 0.1) is 0 Å². The number of nitrogens with zero attached hydrogens (tertiary/aromatic N) is 1. The summed E-state index contributed by atoms with van der Waals surface area (Å²) < 4.78 is 34.4. The number of carbonyl (C=O) groups excluding carboxylic acids is 2. The van der Waals surface area contributed by atoms with Gasteiger partial charge >= 0.3 is 11.9 Å². The number of phosphoric acid groups is 1. The lowest BCUT2D eigenvalue weighted by molar-refractivity contribution is -0.870. The van der Waals surface area contributed by atoms with E-state index in [-0.39, 0.29) is 32.0 Å². The molecule has 0 bridgehead atoms. The van der Waals surface area contributed by atoms with Crippen LogP contribution in [0.3, 0.4) is 0 Å². The third-order valence-corrected chi connectivity index (χ3v) is 17.1. The average Bonchev–Trinajstić information content (AvgIpc) is 3.68. The first-order valence-electron chi connectivity index (χ1n) is 36.9. The molecule has 0 saturated heterocycles. The molecule has 0 amide bonds. The second-order valence-electron chi connectivity index (χ2n) is 25.9. The highest BCUT2D eigenvalue weighted by Gasteiger charge is 2.22. The number of esters is 2. The number of carbonyl (C=O) groups is 2. The van der Waals surface area contributed by atoms with Crippen LogP contribution in [0.25, 0.3) is 0 Å². The summed E-state index contributed by atoms with van der Waals surface area (Å²) in [5.74, 6) is -0.820. The Bertz CT molecular complexity index is 1810. The van der Waals surface area contributed by atoms with Gasteiger partial charge in [0.2, 0.25) is 0 Å². The summed E-state index contributed by atoms with van der Waals surface area (Å²) in [5, 5.41) is 0. The highest BCUT2D eigenvalue weighted by atomic mass is 31.2. The fourth-order valence-corrected chi connectivity index (χ4v) is 11.2. The molecule has 0 spiro atoms. The van der Waals surface area contributed by atoms with E-state index in [1.54, 1.807) is 0 Å². The second-order valence-corrected chi connectivity index (χ2v) is 27.3. The van der Waals surface area contributed by atoms with Crippen LogP contribution in [0.1, 0.15) is 335 Å². The third-order valence-electron chi connectivity index (χ3n) is 16.1. The predicted octanol–water partition coefficient (Wildman–Crippen LogP) is 23.6. The summed E-state index contributed by atoms with van der Waals surface area (Å²) in [6.07, 6.45) is 95.0. The van der Waals surface area contributed by atoms with E-state index in [2.05, 4.69) is 111 Å². The van der Waals surface area contributed by atoms with Gasteiger partial charge in [-0.15, -0.1) is 0 Å². The highest BCUT2D eigenvalue weighted by molar-refractivity contribution is 7.45. The van der Waals surface area contributed by atoms with Crippen LogP contribution >= 0.6 is 7.82 Å². The van der Waals surface area contributed by atoms with Crippen molar-refractivity contribution in [2.45, 2.75) is 341 Å². The average molecular weight is 1250 g/mol. The molecule has 0 aliphatic carbocycles. The van der Waals surface area contributed by atoms with Crippen LogP contribution in [-0.4, -0.2) is 70.0 Å². The zero-order valence-electron chi connectivity index (χ0n) is 58.2. The van der Waals surface area contributed by atoms with Crippen LogP contribution in [-0.2, 0) is 32.7 Å². The van der Waals surface area contributed by atoms with Crippen molar-refractivity contribution in [3.8, 4) is 0 Å². The minimum absolute atomic E-state index is 0.0316. The molecule has 0 aliphatic rings.